The molecule has 0 saturated heterocycles. The molecule has 0 aromatic rings. The Bertz CT molecular complexity index is 1260. The van der Waals surface area contributed by atoms with E-state index in [-0.39, 0.29) is 16.9 Å². The van der Waals surface area contributed by atoms with E-state index in [2.05, 4.69) is 114 Å². The topological polar surface area (TPSA) is 30.3 Å². The molecule has 1 aliphatic carbocycles. The van der Waals surface area contributed by atoms with Gasteiger partial charge in [0.25, 0.3) is 0 Å². The monoisotopic (exact) mass is 597 g/mol. The molecule has 1 unspecified atom stereocenters. The minimum atomic E-state index is -0.0637. The second-order valence-corrected chi connectivity index (χ2v) is 13.5. The molecule has 0 aliphatic heterocycles. The smallest absolute Gasteiger partial charge is 0.0560 e. The van der Waals surface area contributed by atoms with Crippen LogP contribution in [0.2, 0.25) is 0 Å². The molecule has 0 heterocycles. The Morgan fingerprint density at radius 2 is 1.60 bits per heavy atom. The van der Waals surface area contributed by atoms with Crippen LogP contribution >= 0.6 is 11.8 Å². The van der Waals surface area contributed by atoms with E-state index < -0.39 is 0 Å². The maximum Gasteiger partial charge on any atom is 0.0560 e. The van der Waals surface area contributed by atoms with E-state index in [1.807, 2.05) is 81.4 Å². The number of nitrogens with zero attached hydrogens (tertiary/aromatic N) is 2. The molecule has 0 radical (unpaired) electrons. The number of thioether (sulfide) groups is 1. The van der Waals surface area contributed by atoms with Crippen molar-refractivity contribution in [3.8, 4) is 0 Å². The number of allylic oxidation sites excluding steroid dienone is 12. The van der Waals surface area contributed by atoms with Gasteiger partial charge in [0.1, 0.15) is 0 Å². The Kier molecular flexibility index (Phi) is 15.9. The lowest BCUT2D eigenvalue weighted by molar-refractivity contribution is 0.384. The SMILES string of the molecule is C=C(/C=C\C)N(C(=C)/C=C\C(=C)C(C)(C)C)C1C=CC(SC/C=C\C(=C/C)N(/C=C/C)/C=C/C=C(\C=N)C(C)(C)C)=CC1. The average Bonchev–Trinajstić information content (AvgIpc) is 2.93. The van der Waals surface area contributed by atoms with Crippen LogP contribution in [0.25, 0.3) is 0 Å². The summed E-state index contributed by atoms with van der Waals surface area (Å²) in [5.74, 6) is 0.868. The second-order valence-electron chi connectivity index (χ2n) is 12.4. The van der Waals surface area contributed by atoms with Gasteiger partial charge in [-0.3, -0.25) is 0 Å². The molecule has 43 heavy (non-hydrogen) atoms. The summed E-state index contributed by atoms with van der Waals surface area (Å²) < 4.78 is 0. The highest BCUT2D eigenvalue weighted by atomic mass is 32.2. The number of rotatable bonds is 15. The van der Waals surface area contributed by atoms with Crippen molar-refractivity contribution in [2.45, 2.75) is 74.8 Å². The Labute approximate surface area is 268 Å². The van der Waals surface area contributed by atoms with Crippen LogP contribution < -0.4 is 0 Å². The van der Waals surface area contributed by atoms with Crippen molar-refractivity contribution >= 4 is 18.0 Å². The molecule has 0 amide bonds. The van der Waals surface area contributed by atoms with Crippen LogP contribution in [0.5, 0.6) is 0 Å². The van der Waals surface area contributed by atoms with Crippen LogP contribution in [0.4, 0.5) is 0 Å². The Morgan fingerprint density at radius 3 is 2.12 bits per heavy atom. The van der Waals surface area contributed by atoms with Crippen molar-refractivity contribution in [1.82, 2.24) is 9.80 Å². The first-order valence-corrected chi connectivity index (χ1v) is 16.0. The fourth-order valence-corrected chi connectivity index (χ4v) is 4.85. The standard InChI is InChI=1S/C39H55N3S/c1-13-18-32(5)42(33(6)22-21-31(4)38(7,8)9)36-23-25-37(26-24-36)43-29-17-20-35(15-3)41(27-14-2)28-16-19-34(30-40)39(10,11)12/h13-23,25-28,30,36,40H,4-6,24,29H2,1-3,7-12H3/b18-13-,20-17-,22-21-,27-14+,28-16+,34-19+,35-15+,40-30?. The van der Waals surface area contributed by atoms with E-state index in [1.54, 1.807) is 0 Å². The molecular weight excluding hydrogens is 543 g/mol. The lowest BCUT2D eigenvalue weighted by atomic mass is 9.87. The molecule has 1 atom stereocenters. The Hall–Kier alpha value is -3.50. The summed E-state index contributed by atoms with van der Waals surface area (Å²) in [5, 5.41) is 7.73. The molecule has 0 saturated carbocycles. The number of nitrogens with one attached hydrogen (secondary N) is 1. The first kappa shape index (κ1) is 37.5. The van der Waals surface area contributed by atoms with Gasteiger partial charge in [0.15, 0.2) is 0 Å². The highest BCUT2D eigenvalue weighted by Gasteiger charge is 2.20. The molecular formula is C39H55N3S. The molecule has 3 nitrogen and oxygen atoms in total. The van der Waals surface area contributed by atoms with Crippen LogP contribution in [-0.4, -0.2) is 27.8 Å². The zero-order chi connectivity index (χ0) is 32.6. The average molecular weight is 598 g/mol. The van der Waals surface area contributed by atoms with Gasteiger partial charge in [-0.1, -0.05) is 116 Å². The third-order valence-corrected chi connectivity index (χ3v) is 7.87. The van der Waals surface area contributed by atoms with E-state index in [4.69, 9.17) is 5.41 Å². The van der Waals surface area contributed by atoms with Gasteiger partial charge in [-0.15, -0.1) is 11.8 Å². The molecule has 0 fully saturated rings. The van der Waals surface area contributed by atoms with Gasteiger partial charge in [0, 0.05) is 46.4 Å². The van der Waals surface area contributed by atoms with Crippen molar-refractivity contribution in [3.63, 3.8) is 0 Å². The normalized spacial score (nSPS) is 17.0. The molecule has 0 spiro atoms. The predicted molar refractivity (Wildman–Crippen MR) is 196 cm³/mol. The third kappa shape index (κ3) is 13.1. The van der Waals surface area contributed by atoms with Crippen molar-refractivity contribution in [2.75, 3.05) is 5.75 Å². The Morgan fingerprint density at radius 1 is 0.930 bits per heavy atom. The van der Waals surface area contributed by atoms with Gasteiger partial charge in [0.2, 0.25) is 0 Å². The van der Waals surface area contributed by atoms with Gasteiger partial charge in [-0.25, -0.2) is 0 Å². The summed E-state index contributed by atoms with van der Waals surface area (Å²) >= 11 is 1.83. The summed E-state index contributed by atoms with van der Waals surface area (Å²) in [6, 6.07) is 0.153. The highest BCUT2D eigenvalue weighted by molar-refractivity contribution is 8.03. The second kappa shape index (κ2) is 18.2. The fraction of sp³-hybridized carbons (Fsp3) is 0.359. The summed E-state index contributed by atoms with van der Waals surface area (Å²) in [7, 11) is 0. The highest BCUT2D eigenvalue weighted by Crippen LogP contribution is 2.30. The zero-order valence-electron chi connectivity index (χ0n) is 28.2. The van der Waals surface area contributed by atoms with Crippen molar-refractivity contribution < 1.29 is 0 Å². The van der Waals surface area contributed by atoms with E-state index in [1.165, 1.54) is 11.1 Å². The summed E-state index contributed by atoms with van der Waals surface area (Å²) in [4.78, 5) is 5.55. The van der Waals surface area contributed by atoms with E-state index in [0.29, 0.717) is 0 Å². The van der Waals surface area contributed by atoms with Gasteiger partial charge in [-0.2, -0.15) is 0 Å². The Balaban J connectivity index is 2.92. The molecule has 1 rings (SSSR count). The van der Waals surface area contributed by atoms with E-state index >= 15 is 0 Å². The summed E-state index contributed by atoms with van der Waals surface area (Å²) in [6.45, 7) is 31.8. The maximum atomic E-state index is 7.73. The maximum absolute atomic E-state index is 7.73. The minimum Gasteiger partial charge on any atom is -0.335 e. The fourth-order valence-electron chi connectivity index (χ4n) is 4.08. The molecule has 0 aromatic carbocycles. The van der Waals surface area contributed by atoms with Crippen LogP contribution in [0.3, 0.4) is 0 Å². The first-order chi connectivity index (χ1) is 20.2. The first-order valence-electron chi connectivity index (χ1n) is 15.0. The number of hydrogen-bond acceptors (Lipinski definition) is 4. The molecule has 0 bridgehead atoms. The van der Waals surface area contributed by atoms with Crippen LogP contribution in [0.15, 0.2) is 144 Å². The van der Waals surface area contributed by atoms with Crippen molar-refractivity contribution in [1.29, 1.82) is 5.41 Å². The van der Waals surface area contributed by atoms with E-state index in [0.717, 1.165) is 40.4 Å². The zero-order valence-corrected chi connectivity index (χ0v) is 29.0. The minimum absolute atomic E-state index is 0.0140. The van der Waals surface area contributed by atoms with Crippen LogP contribution in [0.1, 0.15) is 68.7 Å². The number of hydrogen-bond donors (Lipinski definition) is 1. The van der Waals surface area contributed by atoms with Crippen LogP contribution in [0, 0.1) is 16.2 Å². The summed E-state index contributed by atoms with van der Waals surface area (Å²) in [5.41, 5.74) is 4.90. The quantitative estimate of drug-likeness (QED) is 0.150. The van der Waals surface area contributed by atoms with Crippen molar-refractivity contribution in [3.05, 3.63) is 144 Å². The molecule has 4 heteroatoms. The predicted octanol–water partition coefficient (Wildman–Crippen LogP) is 11.4. The molecule has 1 aliphatic rings. The largest absolute Gasteiger partial charge is 0.335 e. The van der Waals surface area contributed by atoms with E-state index in [9.17, 15) is 0 Å². The lowest BCUT2D eigenvalue weighted by Gasteiger charge is -2.34. The van der Waals surface area contributed by atoms with Gasteiger partial charge in [-0.05, 0) is 73.5 Å². The summed E-state index contributed by atoms with van der Waals surface area (Å²) in [6.07, 6.45) is 33.8. The molecule has 0 aromatic heterocycles. The van der Waals surface area contributed by atoms with Crippen molar-refractivity contribution in [2.24, 2.45) is 10.8 Å². The molecule has 232 valence electrons. The molecule has 1 N–H and O–H groups in total. The lowest BCUT2D eigenvalue weighted by Crippen LogP contribution is -2.31. The van der Waals surface area contributed by atoms with Gasteiger partial charge in [0.05, 0.1) is 6.04 Å². The third-order valence-electron chi connectivity index (χ3n) is 6.88. The van der Waals surface area contributed by atoms with Gasteiger partial charge >= 0.3 is 0 Å². The van der Waals surface area contributed by atoms with Crippen LogP contribution in [-0.2, 0) is 0 Å². The van der Waals surface area contributed by atoms with Gasteiger partial charge < -0.3 is 15.2 Å².